The van der Waals surface area contributed by atoms with E-state index >= 15 is 0 Å². The van der Waals surface area contributed by atoms with Crippen LogP contribution in [-0.4, -0.2) is 99.2 Å². The minimum Gasteiger partial charge on any atom is -0.381 e. The Bertz CT molecular complexity index is 449. The Kier molecular flexibility index (Phi) is 12.3. The van der Waals surface area contributed by atoms with E-state index < -0.39 is 0 Å². The zero-order chi connectivity index (χ0) is 18.8. The molecule has 2 heterocycles. The Labute approximate surface area is 181 Å². The molecule has 0 aromatic carbocycles. The van der Waals surface area contributed by atoms with Crippen molar-refractivity contribution in [3.05, 3.63) is 0 Å². The van der Waals surface area contributed by atoms with Gasteiger partial charge in [0.2, 0.25) is 5.91 Å². The Morgan fingerprint density at radius 1 is 1.22 bits per heavy atom. The molecule has 2 saturated heterocycles. The molecule has 2 fully saturated rings. The lowest BCUT2D eigenvalue weighted by Gasteiger charge is -2.34. The summed E-state index contributed by atoms with van der Waals surface area (Å²) >= 11 is 0. The Hall–Kier alpha value is -0.610. The Morgan fingerprint density at radius 2 is 1.89 bits per heavy atom. The average molecular weight is 495 g/mol. The number of ether oxygens (including phenoxy) is 1. The molecule has 0 aliphatic carbocycles. The maximum absolute atomic E-state index is 11.4. The van der Waals surface area contributed by atoms with Crippen LogP contribution in [0.25, 0.3) is 0 Å². The number of amides is 1. The predicted molar refractivity (Wildman–Crippen MR) is 121 cm³/mol. The van der Waals surface area contributed by atoms with Crippen molar-refractivity contribution in [1.82, 2.24) is 20.0 Å². The lowest BCUT2D eigenvalue weighted by Crippen LogP contribution is -2.48. The molecular formula is C19H38IN5O2. The molecule has 0 aromatic heterocycles. The molecule has 0 spiro atoms. The van der Waals surface area contributed by atoms with Crippen molar-refractivity contribution in [2.24, 2.45) is 10.9 Å². The lowest BCUT2D eigenvalue weighted by molar-refractivity contribution is -0.130. The number of aliphatic imine (C=N–C) groups is 1. The first-order chi connectivity index (χ1) is 12.6. The molecule has 0 aromatic rings. The van der Waals surface area contributed by atoms with E-state index in [1.54, 1.807) is 6.92 Å². The minimum absolute atomic E-state index is 0. The highest BCUT2D eigenvalue weighted by atomic mass is 127. The molecule has 7 nitrogen and oxygen atoms in total. The quantitative estimate of drug-likeness (QED) is 0.330. The summed E-state index contributed by atoms with van der Waals surface area (Å²) in [5.74, 6) is 1.97. The monoisotopic (exact) mass is 495 g/mol. The Morgan fingerprint density at radius 3 is 2.48 bits per heavy atom. The Balaban J connectivity index is 0.00000364. The first kappa shape index (κ1) is 24.4. The van der Waals surface area contributed by atoms with Crippen LogP contribution >= 0.6 is 24.0 Å². The van der Waals surface area contributed by atoms with Gasteiger partial charge in [-0.05, 0) is 32.1 Å². The molecule has 0 radical (unpaired) electrons. The molecule has 2 rings (SSSR count). The number of hydrogen-bond donors (Lipinski definition) is 1. The molecule has 0 saturated carbocycles. The second-order valence-corrected chi connectivity index (χ2v) is 7.35. The molecule has 158 valence electrons. The standard InChI is InChI=1S/C19H37N5O2.HI/c1-4-20-19(22(3)9-5-18-6-15-26-16-7-18)21-8-10-23-11-13-24(14-12-23)17(2)25;/h18H,4-16H2,1-3H3,(H,20,21);1H. The van der Waals surface area contributed by atoms with E-state index in [1.807, 2.05) is 4.90 Å². The molecule has 2 aliphatic rings. The molecule has 1 N–H and O–H groups in total. The van der Waals surface area contributed by atoms with Gasteiger partial charge in [-0.15, -0.1) is 24.0 Å². The van der Waals surface area contributed by atoms with Gasteiger partial charge in [-0.25, -0.2) is 0 Å². The highest BCUT2D eigenvalue weighted by Crippen LogP contribution is 2.18. The number of hydrogen-bond acceptors (Lipinski definition) is 4. The fourth-order valence-corrected chi connectivity index (χ4v) is 3.57. The van der Waals surface area contributed by atoms with Gasteiger partial charge in [0.05, 0.1) is 6.54 Å². The fraction of sp³-hybridized carbons (Fsp3) is 0.895. The summed E-state index contributed by atoms with van der Waals surface area (Å²) in [4.78, 5) is 22.8. The van der Waals surface area contributed by atoms with Crippen LogP contribution in [0.3, 0.4) is 0 Å². The van der Waals surface area contributed by atoms with E-state index in [1.165, 1.54) is 19.3 Å². The summed E-state index contributed by atoms with van der Waals surface area (Å²) in [5.41, 5.74) is 0. The summed E-state index contributed by atoms with van der Waals surface area (Å²) in [5, 5.41) is 3.41. The van der Waals surface area contributed by atoms with E-state index in [2.05, 4.69) is 29.1 Å². The maximum Gasteiger partial charge on any atom is 0.219 e. The van der Waals surface area contributed by atoms with Crippen molar-refractivity contribution >= 4 is 35.8 Å². The lowest BCUT2D eigenvalue weighted by atomic mass is 9.96. The largest absolute Gasteiger partial charge is 0.381 e. The van der Waals surface area contributed by atoms with Crippen LogP contribution in [0.2, 0.25) is 0 Å². The van der Waals surface area contributed by atoms with Crippen molar-refractivity contribution in [2.75, 3.05) is 72.6 Å². The zero-order valence-corrected chi connectivity index (χ0v) is 19.6. The number of nitrogens with zero attached hydrogens (tertiary/aromatic N) is 4. The summed E-state index contributed by atoms with van der Waals surface area (Å²) < 4.78 is 5.45. The third-order valence-electron chi connectivity index (χ3n) is 5.41. The number of halogens is 1. The van der Waals surface area contributed by atoms with E-state index in [9.17, 15) is 4.79 Å². The fourth-order valence-electron chi connectivity index (χ4n) is 3.57. The third-order valence-corrected chi connectivity index (χ3v) is 5.41. The molecular weight excluding hydrogens is 457 g/mol. The molecule has 1 amide bonds. The van der Waals surface area contributed by atoms with Crippen molar-refractivity contribution in [3.8, 4) is 0 Å². The zero-order valence-electron chi connectivity index (χ0n) is 17.3. The number of carbonyl (C=O) groups excluding carboxylic acids is 1. The molecule has 0 unspecified atom stereocenters. The van der Waals surface area contributed by atoms with Crippen LogP contribution in [0.4, 0.5) is 0 Å². The summed E-state index contributed by atoms with van der Waals surface area (Å²) in [6.45, 7) is 12.8. The van der Waals surface area contributed by atoms with Gasteiger partial charge >= 0.3 is 0 Å². The van der Waals surface area contributed by atoms with E-state index in [0.29, 0.717) is 0 Å². The van der Waals surface area contributed by atoms with Crippen molar-refractivity contribution in [3.63, 3.8) is 0 Å². The molecule has 0 atom stereocenters. The number of guanidine groups is 1. The topological polar surface area (TPSA) is 60.4 Å². The second-order valence-electron chi connectivity index (χ2n) is 7.35. The molecule has 2 aliphatic heterocycles. The summed E-state index contributed by atoms with van der Waals surface area (Å²) in [7, 11) is 2.13. The van der Waals surface area contributed by atoms with Crippen LogP contribution in [-0.2, 0) is 9.53 Å². The van der Waals surface area contributed by atoms with Crippen LogP contribution in [0.5, 0.6) is 0 Å². The maximum atomic E-state index is 11.4. The molecule has 8 heteroatoms. The summed E-state index contributed by atoms with van der Waals surface area (Å²) in [6, 6.07) is 0. The van der Waals surface area contributed by atoms with Gasteiger partial charge in [0.15, 0.2) is 5.96 Å². The van der Waals surface area contributed by atoms with Gasteiger partial charge in [-0.3, -0.25) is 14.7 Å². The van der Waals surface area contributed by atoms with Crippen LogP contribution in [0.1, 0.15) is 33.1 Å². The summed E-state index contributed by atoms with van der Waals surface area (Å²) in [6.07, 6.45) is 3.58. The highest BCUT2D eigenvalue weighted by Gasteiger charge is 2.18. The molecule has 0 bridgehead atoms. The number of carbonyl (C=O) groups is 1. The van der Waals surface area contributed by atoms with Crippen molar-refractivity contribution in [2.45, 2.75) is 33.1 Å². The van der Waals surface area contributed by atoms with Gasteiger partial charge in [-0.2, -0.15) is 0 Å². The molecule has 27 heavy (non-hydrogen) atoms. The number of rotatable bonds is 7. The van der Waals surface area contributed by atoms with E-state index in [0.717, 1.165) is 77.4 Å². The second kappa shape index (κ2) is 13.5. The van der Waals surface area contributed by atoms with Gasteiger partial charge in [0.1, 0.15) is 0 Å². The minimum atomic E-state index is 0. The SMILES string of the molecule is CCNC(=NCCN1CCN(C(C)=O)CC1)N(C)CCC1CCOCC1.I. The first-order valence-corrected chi connectivity index (χ1v) is 10.1. The van der Waals surface area contributed by atoms with Gasteiger partial charge in [0, 0.05) is 73.0 Å². The van der Waals surface area contributed by atoms with Crippen molar-refractivity contribution in [1.29, 1.82) is 0 Å². The predicted octanol–water partition coefficient (Wildman–Crippen LogP) is 1.48. The number of nitrogens with one attached hydrogen (secondary N) is 1. The average Bonchev–Trinajstić information content (AvgIpc) is 2.66. The van der Waals surface area contributed by atoms with Crippen LogP contribution < -0.4 is 5.32 Å². The number of piperazine rings is 1. The van der Waals surface area contributed by atoms with E-state index in [4.69, 9.17) is 9.73 Å². The van der Waals surface area contributed by atoms with Gasteiger partial charge in [0.25, 0.3) is 0 Å². The normalized spacial score (nSPS) is 19.5. The van der Waals surface area contributed by atoms with Crippen molar-refractivity contribution < 1.29 is 9.53 Å². The van der Waals surface area contributed by atoms with Crippen LogP contribution in [0, 0.1) is 5.92 Å². The van der Waals surface area contributed by atoms with Crippen LogP contribution in [0.15, 0.2) is 4.99 Å². The van der Waals surface area contributed by atoms with E-state index in [-0.39, 0.29) is 29.9 Å². The van der Waals surface area contributed by atoms with Gasteiger partial charge in [-0.1, -0.05) is 0 Å². The highest BCUT2D eigenvalue weighted by molar-refractivity contribution is 14.0. The third kappa shape index (κ3) is 8.95. The first-order valence-electron chi connectivity index (χ1n) is 10.1. The smallest absolute Gasteiger partial charge is 0.219 e. The van der Waals surface area contributed by atoms with Gasteiger partial charge < -0.3 is 19.9 Å².